The Kier molecular flexibility index (Phi) is 1.84. The highest BCUT2D eigenvalue weighted by atomic mass is 16.2. The van der Waals surface area contributed by atoms with E-state index >= 15 is 0 Å². The van der Waals surface area contributed by atoms with Gasteiger partial charge in [0.25, 0.3) is 0 Å². The SMILES string of the molecule is Cc1cc2c(cc1C)C(=O)C(=O)C=C2. The Morgan fingerprint density at radius 2 is 1.57 bits per heavy atom. The third-order valence-corrected chi connectivity index (χ3v) is 2.55. The molecule has 2 rings (SSSR count). The Hall–Kier alpha value is -1.70. The number of fused-ring (bicyclic) bond motifs is 1. The average Bonchev–Trinajstić information content (AvgIpc) is 2.15. The average molecular weight is 186 g/mol. The molecule has 0 fully saturated rings. The van der Waals surface area contributed by atoms with Crippen LogP contribution >= 0.6 is 0 Å². The van der Waals surface area contributed by atoms with Gasteiger partial charge < -0.3 is 0 Å². The first-order valence-corrected chi connectivity index (χ1v) is 4.47. The minimum absolute atomic E-state index is 0.398. The number of ketones is 2. The second kappa shape index (κ2) is 2.91. The van der Waals surface area contributed by atoms with E-state index in [1.807, 2.05) is 19.9 Å². The standard InChI is InChI=1S/C12H10O2/c1-7-5-9-3-4-11(13)12(14)10(9)6-8(7)2/h3-6H,1-2H3. The van der Waals surface area contributed by atoms with Crippen LogP contribution < -0.4 is 0 Å². The van der Waals surface area contributed by atoms with Crippen LogP contribution in [0.25, 0.3) is 6.08 Å². The summed E-state index contributed by atoms with van der Waals surface area (Å²) >= 11 is 0. The van der Waals surface area contributed by atoms with Crippen molar-refractivity contribution in [2.24, 2.45) is 0 Å². The lowest BCUT2D eigenvalue weighted by Crippen LogP contribution is -2.16. The molecule has 0 unspecified atom stereocenters. The molecule has 1 aromatic rings. The molecule has 1 aromatic carbocycles. The number of hydrogen-bond acceptors (Lipinski definition) is 2. The van der Waals surface area contributed by atoms with Crippen LogP contribution in [0.2, 0.25) is 0 Å². The molecule has 0 aromatic heterocycles. The van der Waals surface area contributed by atoms with E-state index in [0.717, 1.165) is 16.7 Å². The van der Waals surface area contributed by atoms with Crippen LogP contribution in [0.4, 0.5) is 0 Å². The molecule has 0 heterocycles. The van der Waals surface area contributed by atoms with Gasteiger partial charge in [-0.2, -0.15) is 0 Å². The quantitative estimate of drug-likeness (QED) is 0.581. The Morgan fingerprint density at radius 1 is 0.929 bits per heavy atom. The largest absolute Gasteiger partial charge is 0.286 e. The van der Waals surface area contributed by atoms with E-state index in [1.165, 1.54) is 6.08 Å². The summed E-state index contributed by atoms with van der Waals surface area (Å²) in [6.07, 6.45) is 3.03. The number of carbonyl (C=O) groups is 2. The highest BCUT2D eigenvalue weighted by Gasteiger charge is 2.20. The predicted molar refractivity (Wildman–Crippen MR) is 54.3 cm³/mol. The summed E-state index contributed by atoms with van der Waals surface area (Å²) in [6, 6.07) is 3.72. The molecule has 0 radical (unpaired) electrons. The summed E-state index contributed by atoms with van der Waals surface area (Å²) in [5.74, 6) is -0.827. The molecule has 0 saturated carbocycles. The lowest BCUT2D eigenvalue weighted by atomic mass is 9.92. The van der Waals surface area contributed by atoms with Gasteiger partial charge in [-0.05, 0) is 42.7 Å². The fourth-order valence-electron chi connectivity index (χ4n) is 1.55. The Balaban J connectivity index is 2.70. The number of Topliss-reactive ketones (excluding diaryl/α,β-unsaturated/α-hetero) is 1. The van der Waals surface area contributed by atoms with Crippen LogP contribution in [-0.4, -0.2) is 11.6 Å². The van der Waals surface area contributed by atoms with Gasteiger partial charge in [0, 0.05) is 5.56 Å². The second-order valence-electron chi connectivity index (χ2n) is 3.55. The summed E-state index contributed by atoms with van der Waals surface area (Å²) in [5, 5.41) is 0. The normalized spacial score (nSPS) is 14.4. The number of allylic oxidation sites excluding steroid dienone is 1. The number of hydrogen-bond donors (Lipinski definition) is 0. The maximum atomic E-state index is 11.5. The van der Waals surface area contributed by atoms with Gasteiger partial charge in [-0.3, -0.25) is 9.59 Å². The minimum Gasteiger partial charge on any atom is -0.286 e. The fourth-order valence-corrected chi connectivity index (χ4v) is 1.55. The van der Waals surface area contributed by atoms with Crippen LogP contribution in [-0.2, 0) is 4.79 Å². The second-order valence-corrected chi connectivity index (χ2v) is 3.55. The lowest BCUT2D eigenvalue weighted by Gasteiger charge is -2.11. The molecule has 0 spiro atoms. The van der Waals surface area contributed by atoms with E-state index in [2.05, 4.69) is 0 Å². The molecule has 1 aliphatic carbocycles. The van der Waals surface area contributed by atoms with Crippen LogP contribution in [0.1, 0.15) is 27.0 Å². The van der Waals surface area contributed by atoms with E-state index in [9.17, 15) is 9.59 Å². The molecule has 0 aliphatic heterocycles. The van der Waals surface area contributed by atoms with Crippen molar-refractivity contribution in [3.8, 4) is 0 Å². The van der Waals surface area contributed by atoms with E-state index in [4.69, 9.17) is 0 Å². The summed E-state index contributed by atoms with van der Waals surface area (Å²) < 4.78 is 0. The zero-order chi connectivity index (χ0) is 10.3. The topological polar surface area (TPSA) is 34.1 Å². The first-order valence-electron chi connectivity index (χ1n) is 4.47. The molecule has 14 heavy (non-hydrogen) atoms. The van der Waals surface area contributed by atoms with Gasteiger partial charge in [0.1, 0.15) is 0 Å². The van der Waals surface area contributed by atoms with Crippen molar-refractivity contribution in [2.75, 3.05) is 0 Å². The maximum Gasteiger partial charge on any atom is 0.233 e. The third-order valence-electron chi connectivity index (χ3n) is 2.55. The van der Waals surface area contributed by atoms with E-state index < -0.39 is 11.6 Å². The summed E-state index contributed by atoms with van der Waals surface area (Å²) in [6.45, 7) is 3.93. The van der Waals surface area contributed by atoms with Crippen molar-refractivity contribution in [3.05, 3.63) is 40.5 Å². The minimum atomic E-state index is -0.430. The first kappa shape index (κ1) is 8.88. The maximum absolute atomic E-state index is 11.5. The van der Waals surface area contributed by atoms with Gasteiger partial charge in [-0.15, -0.1) is 0 Å². The van der Waals surface area contributed by atoms with Crippen molar-refractivity contribution in [1.82, 2.24) is 0 Å². The number of carbonyl (C=O) groups excluding carboxylic acids is 2. The van der Waals surface area contributed by atoms with Crippen molar-refractivity contribution >= 4 is 17.6 Å². The van der Waals surface area contributed by atoms with E-state index in [1.54, 1.807) is 12.1 Å². The Labute approximate surface area is 82.2 Å². The molecule has 0 bridgehead atoms. The summed E-state index contributed by atoms with van der Waals surface area (Å²) in [7, 11) is 0. The van der Waals surface area contributed by atoms with Gasteiger partial charge in [-0.25, -0.2) is 0 Å². The van der Waals surface area contributed by atoms with Crippen molar-refractivity contribution in [1.29, 1.82) is 0 Å². The molecular formula is C12H10O2. The summed E-state index contributed by atoms with van der Waals surface area (Å²) in [4.78, 5) is 22.6. The molecule has 0 saturated heterocycles. The van der Waals surface area contributed by atoms with Gasteiger partial charge in [0.15, 0.2) is 0 Å². The third kappa shape index (κ3) is 1.20. The Morgan fingerprint density at radius 3 is 2.29 bits per heavy atom. The zero-order valence-corrected chi connectivity index (χ0v) is 8.13. The van der Waals surface area contributed by atoms with Crippen LogP contribution in [0, 0.1) is 13.8 Å². The van der Waals surface area contributed by atoms with E-state index in [0.29, 0.717) is 5.56 Å². The predicted octanol–water partition coefficient (Wildman–Crippen LogP) is 2.08. The molecule has 2 nitrogen and oxygen atoms in total. The lowest BCUT2D eigenvalue weighted by molar-refractivity contribution is -0.110. The number of rotatable bonds is 0. The first-order chi connectivity index (χ1) is 6.59. The van der Waals surface area contributed by atoms with Gasteiger partial charge in [-0.1, -0.05) is 12.1 Å². The highest BCUT2D eigenvalue weighted by Crippen LogP contribution is 2.21. The molecule has 70 valence electrons. The Bertz CT molecular complexity index is 467. The van der Waals surface area contributed by atoms with Crippen LogP contribution in [0.5, 0.6) is 0 Å². The highest BCUT2D eigenvalue weighted by molar-refractivity contribution is 6.50. The van der Waals surface area contributed by atoms with Gasteiger partial charge in [0.05, 0.1) is 0 Å². The van der Waals surface area contributed by atoms with Crippen molar-refractivity contribution in [2.45, 2.75) is 13.8 Å². The van der Waals surface area contributed by atoms with Gasteiger partial charge in [0.2, 0.25) is 11.6 Å². The monoisotopic (exact) mass is 186 g/mol. The molecular weight excluding hydrogens is 176 g/mol. The smallest absolute Gasteiger partial charge is 0.233 e. The van der Waals surface area contributed by atoms with Crippen molar-refractivity contribution in [3.63, 3.8) is 0 Å². The van der Waals surface area contributed by atoms with E-state index in [-0.39, 0.29) is 0 Å². The zero-order valence-electron chi connectivity index (χ0n) is 8.13. The number of aryl methyl sites for hydroxylation is 2. The van der Waals surface area contributed by atoms with Crippen molar-refractivity contribution < 1.29 is 9.59 Å². The van der Waals surface area contributed by atoms with Gasteiger partial charge >= 0.3 is 0 Å². The van der Waals surface area contributed by atoms with Crippen LogP contribution in [0.15, 0.2) is 18.2 Å². The fraction of sp³-hybridized carbons (Fsp3) is 0.167. The molecule has 1 aliphatic rings. The number of benzene rings is 1. The van der Waals surface area contributed by atoms with Crippen LogP contribution in [0.3, 0.4) is 0 Å². The molecule has 0 atom stereocenters. The molecule has 0 amide bonds. The molecule has 0 N–H and O–H groups in total. The summed E-state index contributed by atoms with van der Waals surface area (Å²) in [5.41, 5.74) is 3.55. The molecule has 2 heteroatoms.